The molecule has 1 aromatic heterocycles. The third-order valence-electron chi connectivity index (χ3n) is 3.97. The van der Waals surface area contributed by atoms with E-state index in [1.54, 1.807) is 11.1 Å². The number of rotatable bonds is 2. The van der Waals surface area contributed by atoms with Crippen molar-refractivity contribution < 1.29 is 18.0 Å². The Labute approximate surface area is 131 Å². The highest BCUT2D eigenvalue weighted by atomic mass is 19.4. The molecule has 122 valence electrons. The predicted octanol–water partition coefficient (Wildman–Crippen LogP) is 4.40. The highest BCUT2D eigenvalue weighted by molar-refractivity contribution is 5.90. The van der Waals surface area contributed by atoms with E-state index in [4.69, 9.17) is 0 Å². The number of aromatic amines is 1. The van der Waals surface area contributed by atoms with Crippen LogP contribution in [0.25, 0.3) is 0 Å². The van der Waals surface area contributed by atoms with Gasteiger partial charge in [0.25, 0.3) is 0 Å². The van der Waals surface area contributed by atoms with E-state index in [0.29, 0.717) is 6.54 Å². The van der Waals surface area contributed by atoms with Crippen LogP contribution in [0.3, 0.4) is 0 Å². The number of likely N-dealkylation sites (tertiary alicyclic amines) is 1. The van der Waals surface area contributed by atoms with Crippen molar-refractivity contribution in [1.29, 1.82) is 0 Å². The molecule has 0 spiro atoms. The van der Waals surface area contributed by atoms with Gasteiger partial charge in [-0.2, -0.15) is 13.2 Å². The highest BCUT2D eigenvalue weighted by Crippen LogP contribution is 2.36. The Morgan fingerprint density at radius 3 is 2.70 bits per heavy atom. The molecule has 2 amide bonds. The van der Waals surface area contributed by atoms with Crippen molar-refractivity contribution in [3.8, 4) is 0 Å². The maximum Gasteiger partial charge on any atom is 0.418 e. The summed E-state index contributed by atoms with van der Waals surface area (Å²) in [4.78, 5) is 17.1. The maximum atomic E-state index is 13.0. The number of anilines is 1. The van der Waals surface area contributed by atoms with Crippen LogP contribution in [0.5, 0.6) is 0 Å². The normalized spacial score (nSPS) is 18.2. The summed E-state index contributed by atoms with van der Waals surface area (Å²) in [7, 11) is 0. The number of aromatic nitrogens is 1. The summed E-state index contributed by atoms with van der Waals surface area (Å²) in [6, 6.07) is 8.06. The van der Waals surface area contributed by atoms with E-state index in [0.717, 1.165) is 24.6 Å². The summed E-state index contributed by atoms with van der Waals surface area (Å²) in [6.45, 7) is 0.518. The van der Waals surface area contributed by atoms with Gasteiger partial charge in [-0.25, -0.2) is 4.79 Å². The molecule has 0 bridgehead atoms. The fraction of sp³-hybridized carbons (Fsp3) is 0.312. The standard InChI is InChI=1S/C16H16F3N3O/c17-16(18,19)11-5-1-2-6-12(11)21-15(23)22-10-4-8-14(22)13-7-3-9-20-13/h1-3,5-7,9,14,20H,4,8,10H2,(H,21,23). The van der Waals surface area contributed by atoms with E-state index < -0.39 is 17.8 Å². The summed E-state index contributed by atoms with van der Waals surface area (Å²) < 4.78 is 39.0. The summed E-state index contributed by atoms with van der Waals surface area (Å²) in [6.07, 6.45) is -1.14. The van der Waals surface area contributed by atoms with E-state index in [1.807, 2.05) is 12.1 Å². The summed E-state index contributed by atoms with van der Waals surface area (Å²) >= 11 is 0. The van der Waals surface area contributed by atoms with Crippen molar-refractivity contribution in [2.75, 3.05) is 11.9 Å². The van der Waals surface area contributed by atoms with Gasteiger partial charge in [0, 0.05) is 18.4 Å². The number of carbonyl (C=O) groups excluding carboxylic acids is 1. The van der Waals surface area contributed by atoms with Gasteiger partial charge in [-0.05, 0) is 37.1 Å². The Bertz CT molecular complexity index is 682. The molecule has 2 N–H and O–H groups in total. The molecule has 4 nitrogen and oxygen atoms in total. The van der Waals surface area contributed by atoms with Gasteiger partial charge in [-0.15, -0.1) is 0 Å². The molecule has 23 heavy (non-hydrogen) atoms. The van der Waals surface area contributed by atoms with Crippen molar-refractivity contribution in [2.24, 2.45) is 0 Å². The average Bonchev–Trinajstić information content (AvgIpc) is 3.17. The van der Waals surface area contributed by atoms with Gasteiger partial charge in [0.15, 0.2) is 0 Å². The largest absolute Gasteiger partial charge is 0.418 e. The molecule has 0 aliphatic carbocycles. The summed E-state index contributed by atoms with van der Waals surface area (Å²) in [5.41, 5.74) is -0.173. The molecular formula is C16H16F3N3O. The summed E-state index contributed by atoms with van der Waals surface area (Å²) in [5.74, 6) is 0. The third kappa shape index (κ3) is 3.18. The number of para-hydroxylation sites is 1. The molecule has 1 unspecified atom stereocenters. The predicted molar refractivity (Wildman–Crippen MR) is 79.9 cm³/mol. The van der Waals surface area contributed by atoms with E-state index in [2.05, 4.69) is 10.3 Å². The minimum Gasteiger partial charge on any atom is -0.363 e. The van der Waals surface area contributed by atoms with Crippen LogP contribution in [0.1, 0.15) is 30.1 Å². The van der Waals surface area contributed by atoms with Gasteiger partial charge in [0.2, 0.25) is 0 Å². The number of hydrogen-bond donors (Lipinski definition) is 2. The molecular weight excluding hydrogens is 307 g/mol. The Morgan fingerprint density at radius 2 is 2.00 bits per heavy atom. The number of carbonyl (C=O) groups is 1. The number of hydrogen-bond acceptors (Lipinski definition) is 1. The first-order valence-corrected chi connectivity index (χ1v) is 7.34. The Kier molecular flexibility index (Phi) is 4.02. The van der Waals surface area contributed by atoms with Crippen molar-refractivity contribution >= 4 is 11.7 Å². The number of H-pyrrole nitrogens is 1. The van der Waals surface area contributed by atoms with Crippen LogP contribution in [0.2, 0.25) is 0 Å². The van der Waals surface area contributed by atoms with E-state index in [1.165, 1.54) is 18.2 Å². The van der Waals surface area contributed by atoms with E-state index in [9.17, 15) is 18.0 Å². The molecule has 0 saturated carbocycles. The summed E-state index contributed by atoms with van der Waals surface area (Å²) in [5, 5.41) is 2.40. The Balaban J connectivity index is 1.80. The number of halogens is 3. The first-order valence-electron chi connectivity index (χ1n) is 7.34. The topological polar surface area (TPSA) is 48.1 Å². The minimum atomic E-state index is -4.51. The molecule has 1 saturated heterocycles. The third-order valence-corrected chi connectivity index (χ3v) is 3.97. The number of amides is 2. The minimum absolute atomic E-state index is 0.136. The molecule has 1 fully saturated rings. The zero-order valence-corrected chi connectivity index (χ0v) is 12.2. The lowest BCUT2D eigenvalue weighted by atomic mass is 10.1. The van der Waals surface area contributed by atoms with E-state index in [-0.39, 0.29) is 11.7 Å². The van der Waals surface area contributed by atoms with Crippen LogP contribution in [-0.4, -0.2) is 22.5 Å². The fourth-order valence-corrected chi connectivity index (χ4v) is 2.91. The van der Waals surface area contributed by atoms with Crippen LogP contribution in [0, 0.1) is 0 Å². The zero-order valence-electron chi connectivity index (χ0n) is 12.2. The number of nitrogens with one attached hydrogen (secondary N) is 2. The SMILES string of the molecule is O=C(Nc1ccccc1C(F)(F)F)N1CCCC1c1ccc[nH]1. The van der Waals surface area contributed by atoms with Crippen molar-refractivity contribution in [3.63, 3.8) is 0 Å². The second kappa shape index (κ2) is 5.98. The molecule has 2 heterocycles. The van der Waals surface area contributed by atoms with Gasteiger partial charge < -0.3 is 15.2 Å². The van der Waals surface area contributed by atoms with Crippen LogP contribution < -0.4 is 5.32 Å². The van der Waals surface area contributed by atoms with Crippen molar-refractivity contribution in [3.05, 3.63) is 53.9 Å². The lowest BCUT2D eigenvalue weighted by Crippen LogP contribution is -2.35. The maximum absolute atomic E-state index is 13.0. The van der Waals surface area contributed by atoms with Gasteiger partial charge in [0.1, 0.15) is 0 Å². The zero-order chi connectivity index (χ0) is 16.4. The first kappa shape index (κ1) is 15.5. The highest BCUT2D eigenvalue weighted by Gasteiger charge is 2.35. The Morgan fingerprint density at radius 1 is 1.22 bits per heavy atom. The molecule has 1 aliphatic heterocycles. The number of nitrogens with zero attached hydrogens (tertiary/aromatic N) is 1. The van der Waals surface area contributed by atoms with Gasteiger partial charge >= 0.3 is 12.2 Å². The second-order valence-electron chi connectivity index (χ2n) is 5.45. The van der Waals surface area contributed by atoms with Crippen molar-refractivity contribution in [2.45, 2.75) is 25.1 Å². The number of alkyl halides is 3. The Hall–Kier alpha value is -2.44. The number of urea groups is 1. The molecule has 1 atom stereocenters. The first-order chi connectivity index (χ1) is 11.0. The second-order valence-corrected chi connectivity index (χ2v) is 5.45. The van der Waals surface area contributed by atoms with E-state index >= 15 is 0 Å². The van der Waals surface area contributed by atoms with Gasteiger partial charge in [-0.3, -0.25) is 0 Å². The molecule has 2 aromatic rings. The van der Waals surface area contributed by atoms with Crippen LogP contribution in [0.4, 0.5) is 23.7 Å². The molecule has 7 heteroatoms. The van der Waals surface area contributed by atoms with Gasteiger partial charge in [-0.1, -0.05) is 12.1 Å². The lowest BCUT2D eigenvalue weighted by Gasteiger charge is -2.25. The monoisotopic (exact) mass is 323 g/mol. The van der Waals surface area contributed by atoms with Crippen LogP contribution in [0.15, 0.2) is 42.6 Å². The molecule has 1 aromatic carbocycles. The van der Waals surface area contributed by atoms with Crippen molar-refractivity contribution in [1.82, 2.24) is 9.88 Å². The number of benzene rings is 1. The average molecular weight is 323 g/mol. The van der Waals surface area contributed by atoms with Gasteiger partial charge in [0.05, 0.1) is 17.3 Å². The molecule has 3 rings (SSSR count). The van der Waals surface area contributed by atoms with Crippen LogP contribution in [-0.2, 0) is 6.18 Å². The quantitative estimate of drug-likeness (QED) is 0.845. The molecule has 0 radical (unpaired) electrons. The van der Waals surface area contributed by atoms with Crippen LogP contribution >= 0.6 is 0 Å². The smallest absolute Gasteiger partial charge is 0.363 e. The molecule has 1 aliphatic rings. The lowest BCUT2D eigenvalue weighted by molar-refractivity contribution is -0.136. The fourth-order valence-electron chi connectivity index (χ4n) is 2.91.